The molecule has 3 aromatic rings. The molecule has 4 rings (SSSR count). The number of ether oxygens (including phenoxy) is 1. The summed E-state index contributed by atoms with van der Waals surface area (Å²) in [5.41, 5.74) is 3.72. The number of hydrogen-bond donors (Lipinski definition) is 1. The molecule has 0 spiro atoms. The zero-order valence-corrected chi connectivity index (χ0v) is 15.9. The van der Waals surface area contributed by atoms with Crippen LogP contribution in [-0.4, -0.2) is 32.8 Å². The van der Waals surface area contributed by atoms with Gasteiger partial charge in [0.1, 0.15) is 0 Å². The van der Waals surface area contributed by atoms with Crippen molar-refractivity contribution in [3.8, 4) is 17.3 Å². The van der Waals surface area contributed by atoms with Gasteiger partial charge in [0.15, 0.2) is 5.82 Å². The van der Waals surface area contributed by atoms with Gasteiger partial charge in [0.25, 0.3) is 5.88 Å². The Morgan fingerprint density at radius 3 is 2.93 bits per heavy atom. The van der Waals surface area contributed by atoms with Gasteiger partial charge in [-0.15, -0.1) is 5.10 Å². The van der Waals surface area contributed by atoms with Crippen LogP contribution in [0.2, 0.25) is 0 Å². The number of benzene rings is 1. The van der Waals surface area contributed by atoms with Gasteiger partial charge >= 0.3 is 6.01 Å². The first-order valence-electron chi connectivity index (χ1n) is 9.14. The maximum Gasteiger partial charge on any atom is 0.315 e. The summed E-state index contributed by atoms with van der Waals surface area (Å²) in [6.07, 6.45) is 3.91. The second-order valence-corrected chi connectivity index (χ2v) is 6.68. The quantitative estimate of drug-likeness (QED) is 0.693. The van der Waals surface area contributed by atoms with Crippen molar-refractivity contribution >= 4 is 11.6 Å². The number of nitrogens with one attached hydrogen (secondary N) is 1. The van der Waals surface area contributed by atoms with Crippen LogP contribution >= 0.6 is 0 Å². The van der Waals surface area contributed by atoms with E-state index in [1.54, 1.807) is 6.92 Å². The zero-order valence-electron chi connectivity index (χ0n) is 15.9. The molecule has 0 atom stereocenters. The minimum atomic E-state index is -0.575. The predicted octanol–water partition coefficient (Wildman–Crippen LogP) is 3.87. The van der Waals surface area contributed by atoms with Crippen molar-refractivity contribution in [2.45, 2.75) is 33.2 Å². The van der Waals surface area contributed by atoms with Crippen LogP contribution in [0.4, 0.5) is 10.4 Å². The number of rotatable bonds is 6. The van der Waals surface area contributed by atoms with Gasteiger partial charge in [-0.25, -0.2) is 4.98 Å². The Bertz CT molecular complexity index is 1040. The van der Waals surface area contributed by atoms with Crippen LogP contribution in [0.1, 0.15) is 37.7 Å². The minimum Gasteiger partial charge on any atom is -0.476 e. The summed E-state index contributed by atoms with van der Waals surface area (Å²) < 4.78 is 24.8. The molecular formula is C20H20FN5O2. The van der Waals surface area contributed by atoms with Gasteiger partial charge in [0.2, 0.25) is 11.7 Å². The fraction of sp³-hybridized carbons (Fsp3) is 0.300. The molecule has 0 aliphatic heterocycles. The highest BCUT2D eigenvalue weighted by Crippen LogP contribution is 2.35. The van der Waals surface area contributed by atoms with E-state index in [2.05, 4.69) is 25.5 Å². The smallest absolute Gasteiger partial charge is 0.315 e. The fourth-order valence-electron chi connectivity index (χ4n) is 3.04. The molecule has 1 N–H and O–H groups in total. The minimum absolute atomic E-state index is 0.0423. The topological polar surface area (TPSA) is 86.0 Å². The maximum absolute atomic E-state index is 13.8. The Balaban J connectivity index is 1.67. The lowest BCUT2D eigenvalue weighted by Gasteiger charge is -2.09. The molecule has 0 amide bonds. The van der Waals surface area contributed by atoms with E-state index < -0.39 is 5.82 Å². The van der Waals surface area contributed by atoms with E-state index in [0.29, 0.717) is 24.3 Å². The summed E-state index contributed by atoms with van der Waals surface area (Å²) in [7, 11) is 0. The molecule has 2 aromatic heterocycles. The molecule has 8 heteroatoms. The van der Waals surface area contributed by atoms with Crippen LogP contribution in [-0.2, 0) is 6.42 Å². The van der Waals surface area contributed by atoms with Gasteiger partial charge in [-0.3, -0.25) is 0 Å². The fourth-order valence-corrected chi connectivity index (χ4v) is 3.04. The lowest BCUT2D eigenvalue weighted by molar-refractivity contribution is 0.305. The van der Waals surface area contributed by atoms with E-state index in [-0.39, 0.29) is 11.9 Å². The third-order valence-electron chi connectivity index (χ3n) is 4.24. The van der Waals surface area contributed by atoms with E-state index in [9.17, 15) is 4.39 Å². The van der Waals surface area contributed by atoms with E-state index >= 15 is 0 Å². The van der Waals surface area contributed by atoms with E-state index in [1.807, 2.05) is 38.1 Å². The van der Waals surface area contributed by atoms with Crippen LogP contribution in [0, 0.1) is 5.82 Å². The molecule has 1 aromatic carbocycles. The average Bonchev–Trinajstić information content (AvgIpc) is 3.29. The normalized spacial score (nSPS) is 12.8. The molecule has 2 heterocycles. The van der Waals surface area contributed by atoms with Crippen molar-refractivity contribution in [1.29, 1.82) is 0 Å². The lowest BCUT2D eigenvalue weighted by atomic mass is 10.0. The van der Waals surface area contributed by atoms with Crippen LogP contribution in [0.25, 0.3) is 17.0 Å². The molecule has 0 unspecified atom stereocenters. The number of anilines is 1. The van der Waals surface area contributed by atoms with Gasteiger partial charge < -0.3 is 14.5 Å². The van der Waals surface area contributed by atoms with Gasteiger partial charge in [-0.05, 0) is 50.5 Å². The summed E-state index contributed by atoms with van der Waals surface area (Å²) in [5.74, 6) is 0.231. The molecule has 7 nitrogen and oxygen atoms in total. The summed E-state index contributed by atoms with van der Waals surface area (Å²) in [6, 6.07) is 6.50. The van der Waals surface area contributed by atoms with Crippen LogP contribution in [0.15, 0.2) is 34.9 Å². The van der Waals surface area contributed by atoms with E-state index in [1.165, 1.54) is 0 Å². The van der Waals surface area contributed by atoms with Crippen LogP contribution in [0.3, 0.4) is 0 Å². The van der Waals surface area contributed by atoms with Gasteiger partial charge in [0.05, 0.1) is 12.8 Å². The first kappa shape index (κ1) is 18.1. The summed E-state index contributed by atoms with van der Waals surface area (Å²) in [5, 5.41) is 11.2. The average molecular weight is 381 g/mol. The summed E-state index contributed by atoms with van der Waals surface area (Å²) >= 11 is 0. The highest BCUT2D eigenvalue weighted by Gasteiger charge is 2.21. The first-order valence-corrected chi connectivity index (χ1v) is 9.14. The first-order chi connectivity index (χ1) is 13.5. The molecule has 0 fully saturated rings. The number of allylic oxidation sites excluding steroid dienone is 1. The third-order valence-corrected chi connectivity index (χ3v) is 4.24. The second kappa shape index (κ2) is 7.38. The van der Waals surface area contributed by atoms with Crippen molar-refractivity contribution in [2.75, 3.05) is 11.9 Å². The van der Waals surface area contributed by atoms with Crippen molar-refractivity contribution < 1.29 is 13.5 Å². The molecular weight excluding hydrogens is 361 g/mol. The summed E-state index contributed by atoms with van der Waals surface area (Å²) in [4.78, 5) is 8.39. The Labute approximate surface area is 161 Å². The predicted molar refractivity (Wildman–Crippen MR) is 102 cm³/mol. The molecule has 144 valence electrons. The molecule has 0 saturated carbocycles. The van der Waals surface area contributed by atoms with E-state index in [0.717, 1.165) is 34.9 Å². The molecule has 0 saturated heterocycles. The third kappa shape index (κ3) is 3.45. The number of nitrogens with zero attached hydrogens (tertiary/aromatic N) is 4. The Kier molecular flexibility index (Phi) is 4.77. The highest BCUT2D eigenvalue weighted by atomic mass is 19.1. The molecule has 1 aliphatic rings. The SMILES string of the molecule is CCOc1nc(C2=CCc3ccc(-c4nnc(NC(C)C)o4)cc32)ncc1F. The largest absolute Gasteiger partial charge is 0.476 e. The second-order valence-electron chi connectivity index (χ2n) is 6.68. The zero-order chi connectivity index (χ0) is 19.7. The van der Waals surface area contributed by atoms with Crippen LogP contribution < -0.4 is 10.1 Å². The van der Waals surface area contributed by atoms with E-state index in [4.69, 9.17) is 9.15 Å². The van der Waals surface area contributed by atoms with Crippen molar-refractivity contribution in [1.82, 2.24) is 20.2 Å². The Morgan fingerprint density at radius 1 is 1.29 bits per heavy atom. The van der Waals surface area contributed by atoms with Gasteiger partial charge in [-0.1, -0.05) is 17.2 Å². The van der Waals surface area contributed by atoms with Crippen molar-refractivity contribution in [3.05, 3.63) is 53.2 Å². The summed E-state index contributed by atoms with van der Waals surface area (Å²) in [6.45, 7) is 6.10. The number of fused-ring (bicyclic) bond motifs is 1. The number of halogens is 1. The van der Waals surface area contributed by atoms with Crippen molar-refractivity contribution in [2.24, 2.45) is 0 Å². The van der Waals surface area contributed by atoms with Gasteiger partial charge in [0, 0.05) is 17.2 Å². The van der Waals surface area contributed by atoms with Gasteiger partial charge in [-0.2, -0.15) is 9.37 Å². The number of aromatic nitrogens is 4. The monoisotopic (exact) mass is 381 g/mol. The maximum atomic E-state index is 13.8. The molecule has 0 radical (unpaired) electrons. The van der Waals surface area contributed by atoms with Crippen molar-refractivity contribution in [3.63, 3.8) is 0 Å². The van der Waals surface area contributed by atoms with Crippen LogP contribution in [0.5, 0.6) is 5.88 Å². The molecule has 1 aliphatic carbocycles. The molecule has 0 bridgehead atoms. The Morgan fingerprint density at radius 2 is 2.14 bits per heavy atom. The standard InChI is InChI=1S/C20H20FN5O2/c1-4-27-19-16(21)10-22-17(24-19)14-8-7-12-5-6-13(9-15(12)14)18-25-26-20(28-18)23-11(2)3/h5-6,8-11H,4,7H2,1-3H3,(H,23,26). The highest BCUT2D eigenvalue weighted by molar-refractivity contribution is 5.83. The molecule has 28 heavy (non-hydrogen) atoms. The lowest BCUT2D eigenvalue weighted by Crippen LogP contribution is -2.09. The Hall–Kier alpha value is -3.29. The number of hydrogen-bond acceptors (Lipinski definition) is 7.